The minimum atomic E-state index is -0.548. The van der Waals surface area contributed by atoms with Crippen molar-refractivity contribution in [3.05, 3.63) is 60.4 Å². The molecule has 3 rings (SSSR count). The SMILES string of the molecule is CNC(=O)[C@H]1C[C@H](Oc2cccnc2)CN1C(=O)NCCc1ccccc1. The first kappa shape index (κ1) is 18.7. The number of nitrogens with zero attached hydrogens (tertiary/aromatic N) is 2. The summed E-state index contributed by atoms with van der Waals surface area (Å²) in [5.74, 6) is 0.440. The lowest BCUT2D eigenvalue weighted by Gasteiger charge is -2.23. The zero-order valence-electron chi connectivity index (χ0n) is 15.3. The molecule has 27 heavy (non-hydrogen) atoms. The van der Waals surface area contributed by atoms with Gasteiger partial charge in [0.2, 0.25) is 5.91 Å². The predicted octanol–water partition coefficient (Wildman–Crippen LogP) is 1.60. The number of carbonyl (C=O) groups is 2. The Bertz CT molecular complexity index is 754. The number of likely N-dealkylation sites (N-methyl/N-ethyl adjacent to an activating group) is 1. The second-order valence-electron chi connectivity index (χ2n) is 6.41. The van der Waals surface area contributed by atoms with E-state index in [9.17, 15) is 9.59 Å². The van der Waals surface area contributed by atoms with Crippen LogP contribution in [0.15, 0.2) is 54.9 Å². The molecule has 0 radical (unpaired) electrons. The topological polar surface area (TPSA) is 83.6 Å². The van der Waals surface area contributed by atoms with E-state index in [-0.39, 0.29) is 18.0 Å². The van der Waals surface area contributed by atoms with E-state index in [1.807, 2.05) is 36.4 Å². The van der Waals surface area contributed by atoms with Gasteiger partial charge in [-0.15, -0.1) is 0 Å². The molecule has 2 N–H and O–H groups in total. The maximum atomic E-state index is 12.6. The minimum absolute atomic E-state index is 0.189. The molecule has 1 fully saturated rings. The van der Waals surface area contributed by atoms with Gasteiger partial charge in [0.1, 0.15) is 17.9 Å². The molecule has 2 atom stereocenters. The number of hydrogen-bond acceptors (Lipinski definition) is 4. The molecule has 0 aliphatic carbocycles. The summed E-state index contributed by atoms with van der Waals surface area (Å²) in [5, 5.41) is 5.54. The number of carbonyl (C=O) groups excluding carboxylic acids is 2. The second-order valence-corrected chi connectivity index (χ2v) is 6.41. The summed E-state index contributed by atoms with van der Waals surface area (Å²) >= 11 is 0. The van der Waals surface area contributed by atoms with Crippen LogP contribution in [0.4, 0.5) is 4.79 Å². The summed E-state index contributed by atoms with van der Waals surface area (Å²) in [6.45, 7) is 0.859. The van der Waals surface area contributed by atoms with Crippen LogP contribution in [0.2, 0.25) is 0 Å². The van der Waals surface area contributed by atoms with Crippen molar-refractivity contribution in [3.63, 3.8) is 0 Å². The van der Waals surface area contributed by atoms with Crippen molar-refractivity contribution in [1.82, 2.24) is 20.5 Å². The van der Waals surface area contributed by atoms with Crippen LogP contribution in [0.5, 0.6) is 5.75 Å². The number of urea groups is 1. The molecule has 1 aromatic heterocycles. The monoisotopic (exact) mass is 368 g/mol. The van der Waals surface area contributed by atoms with E-state index in [0.717, 1.165) is 12.0 Å². The maximum absolute atomic E-state index is 12.6. The van der Waals surface area contributed by atoms with Crippen LogP contribution in [0.1, 0.15) is 12.0 Å². The fraction of sp³-hybridized carbons (Fsp3) is 0.350. The van der Waals surface area contributed by atoms with Crippen molar-refractivity contribution in [1.29, 1.82) is 0 Å². The van der Waals surface area contributed by atoms with E-state index in [2.05, 4.69) is 15.6 Å². The van der Waals surface area contributed by atoms with Crippen LogP contribution in [0.25, 0.3) is 0 Å². The van der Waals surface area contributed by atoms with Crippen LogP contribution in [0, 0.1) is 0 Å². The number of benzene rings is 1. The van der Waals surface area contributed by atoms with Gasteiger partial charge in [-0.25, -0.2) is 4.79 Å². The van der Waals surface area contributed by atoms with E-state index >= 15 is 0 Å². The van der Waals surface area contributed by atoms with Crippen LogP contribution in [-0.2, 0) is 11.2 Å². The fourth-order valence-corrected chi connectivity index (χ4v) is 3.19. The van der Waals surface area contributed by atoms with Crippen molar-refractivity contribution in [2.75, 3.05) is 20.1 Å². The average molecular weight is 368 g/mol. The van der Waals surface area contributed by atoms with Gasteiger partial charge < -0.3 is 20.3 Å². The van der Waals surface area contributed by atoms with Crippen molar-refractivity contribution >= 4 is 11.9 Å². The molecule has 1 saturated heterocycles. The third-order valence-electron chi connectivity index (χ3n) is 4.54. The largest absolute Gasteiger partial charge is 0.487 e. The molecular weight excluding hydrogens is 344 g/mol. The number of pyridine rings is 1. The highest BCUT2D eigenvalue weighted by atomic mass is 16.5. The summed E-state index contributed by atoms with van der Waals surface area (Å²) in [5.41, 5.74) is 1.15. The van der Waals surface area contributed by atoms with E-state index in [4.69, 9.17) is 4.74 Å². The Morgan fingerprint density at radius 3 is 2.74 bits per heavy atom. The third kappa shape index (κ3) is 4.97. The first-order valence-corrected chi connectivity index (χ1v) is 9.04. The number of hydrogen-bond donors (Lipinski definition) is 2. The van der Waals surface area contributed by atoms with E-state index in [1.165, 1.54) is 0 Å². The third-order valence-corrected chi connectivity index (χ3v) is 4.54. The van der Waals surface area contributed by atoms with Crippen molar-refractivity contribution in [2.45, 2.75) is 25.0 Å². The number of likely N-dealkylation sites (tertiary alicyclic amines) is 1. The number of nitrogens with one attached hydrogen (secondary N) is 2. The smallest absolute Gasteiger partial charge is 0.318 e. The summed E-state index contributed by atoms with van der Waals surface area (Å²) < 4.78 is 5.89. The molecule has 0 spiro atoms. The lowest BCUT2D eigenvalue weighted by Crippen LogP contribution is -2.49. The Morgan fingerprint density at radius 2 is 2.04 bits per heavy atom. The zero-order chi connectivity index (χ0) is 19.1. The predicted molar refractivity (Wildman–Crippen MR) is 101 cm³/mol. The first-order chi connectivity index (χ1) is 13.2. The highest BCUT2D eigenvalue weighted by Crippen LogP contribution is 2.23. The second kappa shape index (κ2) is 9.02. The van der Waals surface area contributed by atoms with Crippen molar-refractivity contribution < 1.29 is 14.3 Å². The van der Waals surface area contributed by atoms with E-state index < -0.39 is 6.04 Å². The number of aromatic nitrogens is 1. The molecule has 142 valence electrons. The lowest BCUT2D eigenvalue weighted by molar-refractivity contribution is -0.124. The summed E-state index contributed by atoms with van der Waals surface area (Å²) in [4.78, 5) is 30.4. The Balaban J connectivity index is 1.58. The van der Waals surface area contributed by atoms with Gasteiger partial charge in [0.05, 0.1) is 12.7 Å². The Morgan fingerprint density at radius 1 is 1.22 bits per heavy atom. The lowest BCUT2D eigenvalue weighted by atomic mass is 10.1. The highest BCUT2D eigenvalue weighted by molar-refractivity contribution is 5.87. The number of amides is 3. The molecular formula is C20H24N4O3. The summed E-state index contributed by atoms with van der Waals surface area (Å²) in [7, 11) is 1.57. The molecule has 2 heterocycles. The Labute approximate surface area is 158 Å². The molecule has 7 heteroatoms. The van der Waals surface area contributed by atoms with Gasteiger partial charge in [0, 0.05) is 26.2 Å². The van der Waals surface area contributed by atoms with Gasteiger partial charge in [-0.05, 0) is 24.1 Å². The van der Waals surface area contributed by atoms with Gasteiger partial charge in [0.15, 0.2) is 0 Å². The van der Waals surface area contributed by atoms with E-state index in [1.54, 1.807) is 30.4 Å². The van der Waals surface area contributed by atoms with Crippen LogP contribution in [0.3, 0.4) is 0 Å². The molecule has 7 nitrogen and oxygen atoms in total. The van der Waals surface area contributed by atoms with Crippen LogP contribution < -0.4 is 15.4 Å². The molecule has 0 unspecified atom stereocenters. The Kier molecular flexibility index (Phi) is 6.25. The number of ether oxygens (including phenoxy) is 1. The average Bonchev–Trinajstić information content (AvgIpc) is 3.13. The standard InChI is InChI=1S/C20H24N4O3/c1-21-19(25)18-12-17(27-16-8-5-10-22-13-16)14-24(18)20(26)23-11-9-15-6-3-2-4-7-15/h2-8,10,13,17-18H,9,11-12,14H2,1H3,(H,21,25)(H,23,26)/t17-,18+/m0/s1. The van der Waals surface area contributed by atoms with Crippen LogP contribution in [-0.4, -0.2) is 54.1 Å². The van der Waals surface area contributed by atoms with Gasteiger partial charge in [0.25, 0.3) is 0 Å². The molecule has 0 bridgehead atoms. The first-order valence-electron chi connectivity index (χ1n) is 9.04. The molecule has 2 aromatic rings. The Hall–Kier alpha value is -3.09. The minimum Gasteiger partial charge on any atom is -0.487 e. The van der Waals surface area contributed by atoms with Crippen LogP contribution >= 0.6 is 0 Å². The zero-order valence-corrected chi connectivity index (χ0v) is 15.3. The molecule has 0 saturated carbocycles. The van der Waals surface area contributed by atoms with Gasteiger partial charge in [-0.3, -0.25) is 9.78 Å². The fourth-order valence-electron chi connectivity index (χ4n) is 3.19. The number of rotatable bonds is 6. The molecule has 3 amide bonds. The van der Waals surface area contributed by atoms with Crippen molar-refractivity contribution in [2.24, 2.45) is 0 Å². The van der Waals surface area contributed by atoms with E-state index in [0.29, 0.717) is 25.3 Å². The van der Waals surface area contributed by atoms with Crippen molar-refractivity contribution in [3.8, 4) is 5.75 Å². The molecule has 1 aliphatic rings. The molecule has 1 aliphatic heterocycles. The molecule has 1 aromatic carbocycles. The van der Waals surface area contributed by atoms with Gasteiger partial charge in [-0.2, -0.15) is 0 Å². The van der Waals surface area contributed by atoms with Gasteiger partial charge >= 0.3 is 6.03 Å². The van der Waals surface area contributed by atoms with Gasteiger partial charge in [-0.1, -0.05) is 30.3 Å². The summed E-state index contributed by atoms with van der Waals surface area (Å²) in [6, 6.07) is 12.7. The summed E-state index contributed by atoms with van der Waals surface area (Å²) in [6.07, 6.45) is 4.22. The quantitative estimate of drug-likeness (QED) is 0.811. The normalized spacial score (nSPS) is 18.8. The highest BCUT2D eigenvalue weighted by Gasteiger charge is 2.40. The maximum Gasteiger partial charge on any atom is 0.318 e.